The first-order valence-electron chi connectivity index (χ1n) is 9.34. The maximum Gasteiger partial charge on any atom is 0.107 e. The molecular formula is C22H27NOS2. The van der Waals surface area contributed by atoms with E-state index in [1.165, 1.54) is 40.1 Å². The molecule has 2 aliphatic rings. The van der Waals surface area contributed by atoms with Gasteiger partial charge >= 0.3 is 0 Å². The van der Waals surface area contributed by atoms with Crippen molar-refractivity contribution in [2.24, 2.45) is 5.41 Å². The van der Waals surface area contributed by atoms with Crippen LogP contribution in [0, 0.1) is 5.41 Å². The molecule has 4 heteroatoms. The minimum Gasteiger partial charge on any atom is -0.366 e. The van der Waals surface area contributed by atoms with E-state index in [1.54, 1.807) is 10.4 Å². The number of thiophene rings is 1. The fourth-order valence-electron chi connectivity index (χ4n) is 4.20. The Hall–Kier alpha value is -1.23. The summed E-state index contributed by atoms with van der Waals surface area (Å²) < 4.78 is 5.18. The standard InChI is InChI=1S/C22H27NOS2/c1-14(2)20-17-11-22(3,4)10-9-19(17)26-21(20)16-7-5-6-8-18(16)23-12-15(13-23)24-25/h5-8,15,25H,1,9-13H2,2-4H3. The van der Waals surface area contributed by atoms with Crippen molar-refractivity contribution in [3.8, 4) is 10.4 Å². The molecule has 0 spiro atoms. The number of aryl methyl sites for hydroxylation is 1. The lowest BCUT2D eigenvalue weighted by Crippen LogP contribution is -2.51. The zero-order valence-corrected chi connectivity index (χ0v) is 17.6. The molecule has 0 bridgehead atoms. The van der Waals surface area contributed by atoms with Gasteiger partial charge < -0.3 is 9.08 Å². The third kappa shape index (κ3) is 3.12. The summed E-state index contributed by atoms with van der Waals surface area (Å²) in [5, 5.41) is 0. The van der Waals surface area contributed by atoms with Gasteiger partial charge in [-0.25, -0.2) is 0 Å². The van der Waals surface area contributed by atoms with E-state index >= 15 is 0 Å². The second-order valence-corrected chi connectivity index (χ2v) is 9.79. The predicted molar refractivity (Wildman–Crippen MR) is 116 cm³/mol. The summed E-state index contributed by atoms with van der Waals surface area (Å²) in [7, 11) is 0. The third-order valence-corrected chi connectivity index (χ3v) is 7.31. The highest BCUT2D eigenvalue weighted by Crippen LogP contribution is 2.49. The van der Waals surface area contributed by atoms with Crippen molar-refractivity contribution in [1.29, 1.82) is 0 Å². The molecule has 0 unspecified atom stereocenters. The number of anilines is 1. The van der Waals surface area contributed by atoms with Crippen molar-refractivity contribution in [1.82, 2.24) is 0 Å². The van der Waals surface area contributed by atoms with Crippen molar-refractivity contribution in [3.05, 3.63) is 46.8 Å². The number of para-hydroxylation sites is 1. The number of rotatable bonds is 4. The highest BCUT2D eigenvalue weighted by molar-refractivity contribution is 7.75. The lowest BCUT2D eigenvalue weighted by molar-refractivity contribution is 0.205. The number of fused-ring (bicyclic) bond motifs is 1. The zero-order valence-electron chi connectivity index (χ0n) is 15.8. The van der Waals surface area contributed by atoms with Crippen LogP contribution in [0.1, 0.15) is 43.2 Å². The fourth-order valence-corrected chi connectivity index (χ4v) is 5.77. The molecular weight excluding hydrogens is 358 g/mol. The molecule has 138 valence electrons. The largest absolute Gasteiger partial charge is 0.366 e. The highest BCUT2D eigenvalue weighted by atomic mass is 32.1. The van der Waals surface area contributed by atoms with Gasteiger partial charge in [0, 0.05) is 34.1 Å². The summed E-state index contributed by atoms with van der Waals surface area (Å²) in [6.07, 6.45) is 3.84. The fraction of sp³-hybridized carbons (Fsp3) is 0.455. The van der Waals surface area contributed by atoms with Crippen molar-refractivity contribution in [2.45, 2.75) is 46.1 Å². The molecule has 0 atom stereocenters. The summed E-state index contributed by atoms with van der Waals surface area (Å²) in [6.45, 7) is 13.1. The molecule has 4 rings (SSSR count). The number of thiol groups is 1. The van der Waals surface area contributed by atoms with Crippen LogP contribution in [0.3, 0.4) is 0 Å². The summed E-state index contributed by atoms with van der Waals surface area (Å²) in [4.78, 5) is 5.35. The molecule has 1 aliphatic carbocycles. The summed E-state index contributed by atoms with van der Waals surface area (Å²) in [5.74, 6) is 0. The van der Waals surface area contributed by atoms with Crippen LogP contribution in [0.5, 0.6) is 0 Å². The topological polar surface area (TPSA) is 12.5 Å². The first-order chi connectivity index (χ1) is 12.4. The van der Waals surface area contributed by atoms with Crippen molar-refractivity contribution in [2.75, 3.05) is 18.0 Å². The Morgan fingerprint density at radius 1 is 1.31 bits per heavy atom. The molecule has 1 saturated heterocycles. The molecule has 1 aromatic heterocycles. The molecule has 1 aliphatic heterocycles. The van der Waals surface area contributed by atoms with Crippen LogP contribution in [0.2, 0.25) is 0 Å². The lowest BCUT2D eigenvalue weighted by Gasteiger charge is -2.40. The van der Waals surface area contributed by atoms with Gasteiger partial charge in [-0.2, -0.15) is 0 Å². The van der Waals surface area contributed by atoms with Crippen LogP contribution in [0.25, 0.3) is 16.0 Å². The van der Waals surface area contributed by atoms with E-state index in [4.69, 9.17) is 4.18 Å². The minimum atomic E-state index is 0.226. The average molecular weight is 386 g/mol. The summed E-state index contributed by atoms with van der Waals surface area (Å²) >= 11 is 5.95. The molecule has 26 heavy (non-hydrogen) atoms. The maximum atomic E-state index is 5.18. The van der Waals surface area contributed by atoms with Gasteiger partial charge in [0.05, 0.1) is 0 Å². The monoisotopic (exact) mass is 385 g/mol. The summed E-state index contributed by atoms with van der Waals surface area (Å²) in [6, 6.07) is 8.77. The number of nitrogens with zero attached hydrogens (tertiary/aromatic N) is 1. The van der Waals surface area contributed by atoms with E-state index in [9.17, 15) is 0 Å². The van der Waals surface area contributed by atoms with Gasteiger partial charge in [0.15, 0.2) is 0 Å². The number of hydrogen-bond donors (Lipinski definition) is 1. The van der Waals surface area contributed by atoms with Crippen LogP contribution >= 0.6 is 24.2 Å². The van der Waals surface area contributed by atoms with Crippen LogP contribution in [0.4, 0.5) is 5.69 Å². The molecule has 2 heterocycles. The van der Waals surface area contributed by atoms with Crippen molar-refractivity contribution < 1.29 is 4.18 Å². The lowest BCUT2D eigenvalue weighted by atomic mass is 9.75. The van der Waals surface area contributed by atoms with Gasteiger partial charge in [-0.15, -0.1) is 11.3 Å². The van der Waals surface area contributed by atoms with Crippen LogP contribution in [-0.2, 0) is 17.0 Å². The van der Waals surface area contributed by atoms with Gasteiger partial charge in [-0.3, -0.25) is 0 Å². The average Bonchev–Trinajstić information content (AvgIpc) is 2.91. The minimum absolute atomic E-state index is 0.226. The maximum absolute atomic E-state index is 5.18. The van der Waals surface area contributed by atoms with E-state index in [0.717, 1.165) is 19.5 Å². The van der Waals surface area contributed by atoms with Gasteiger partial charge in [-0.1, -0.05) is 38.6 Å². The normalized spacial score (nSPS) is 19.2. The molecule has 0 saturated carbocycles. The van der Waals surface area contributed by atoms with Gasteiger partial charge in [0.1, 0.15) is 6.10 Å². The molecule has 1 fully saturated rings. The molecule has 0 radical (unpaired) electrons. The molecule has 2 nitrogen and oxygen atoms in total. The second-order valence-electron chi connectivity index (χ2n) is 8.48. The van der Waals surface area contributed by atoms with E-state index in [1.807, 2.05) is 11.3 Å². The van der Waals surface area contributed by atoms with Crippen LogP contribution in [0.15, 0.2) is 30.8 Å². The molecule has 1 aromatic carbocycles. The zero-order chi connectivity index (χ0) is 18.5. The van der Waals surface area contributed by atoms with E-state index < -0.39 is 0 Å². The number of hydrogen-bond acceptors (Lipinski definition) is 4. The van der Waals surface area contributed by atoms with Crippen LogP contribution in [-0.4, -0.2) is 19.2 Å². The van der Waals surface area contributed by atoms with Crippen molar-refractivity contribution >= 4 is 35.5 Å². The van der Waals surface area contributed by atoms with E-state index in [0.29, 0.717) is 5.41 Å². The quantitative estimate of drug-likeness (QED) is 0.511. The van der Waals surface area contributed by atoms with Gasteiger partial charge in [0.2, 0.25) is 0 Å². The Kier molecular flexibility index (Phi) is 4.70. The Morgan fingerprint density at radius 2 is 2.04 bits per heavy atom. The Bertz CT molecular complexity index is 846. The summed E-state index contributed by atoms with van der Waals surface area (Å²) in [5.41, 5.74) is 7.14. The highest BCUT2D eigenvalue weighted by Gasteiger charge is 2.33. The molecule has 2 aromatic rings. The van der Waals surface area contributed by atoms with Gasteiger partial charge in [0.25, 0.3) is 0 Å². The first-order valence-corrected chi connectivity index (χ1v) is 10.5. The Balaban J connectivity index is 1.80. The van der Waals surface area contributed by atoms with Crippen LogP contribution < -0.4 is 4.90 Å². The van der Waals surface area contributed by atoms with E-state index in [2.05, 4.69) is 69.4 Å². The second kappa shape index (κ2) is 6.74. The number of benzene rings is 1. The molecule has 0 amide bonds. The molecule has 0 N–H and O–H groups in total. The van der Waals surface area contributed by atoms with E-state index in [-0.39, 0.29) is 6.10 Å². The number of allylic oxidation sites excluding steroid dienone is 1. The third-order valence-electron chi connectivity index (χ3n) is 5.69. The predicted octanol–water partition coefficient (Wildman–Crippen LogP) is 6.01. The smallest absolute Gasteiger partial charge is 0.107 e. The van der Waals surface area contributed by atoms with Gasteiger partial charge in [-0.05, 0) is 67.3 Å². The first kappa shape index (κ1) is 18.1. The Labute approximate surface area is 166 Å². The Morgan fingerprint density at radius 3 is 2.73 bits per heavy atom. The SMILES string of the molecule is C=C(C)c1c(-c2ccccc2N2CC(OS)C2)sc2c1CC(C)(C)CC2. The van der Waals surface area contributed by atoms with Crippen molar-refractivity contribution in [3.63, 3.8) is 0 Å².